The van der Waals surface area contributed by atoms with Gasteiger partial charge in [0.05, 0.1) is 25.7 Å². The Labute approximate surface area is 168 Å². The van der Waals surface area contributed by atoms with Crippen LogP contribution >= 0.6 is 0 Å². The molecule has 1 aliphatic heterocycles. The third-order valence-electron chi connectivity index (χ3n) is 5.25. The topological polar surface area (TPSA) is 62.3 Å². The smallest absolute Gasteiger partial charge is 0.227 e. The van der Waals surface area contributed by atoms with Gasteiger partial charge in [0.2, 0.25) is 11.8 Å². The Balaban J connectivity index is 2.34. The minimum Gasteiger partial charge on any atom is -0.497 e. The van der Waals surface area contributed by atoms with Crippen molar-refractivity contribution in [1.29, 1.82) is 0 Å². The molecule has 0 saturated carbocycles. The first kappa shape index (κ1) is 22.2. The van der Waals surface area contributed by atoms with Crippen molar-refractivity contribution in [3.63, 3.8) is 0 Å². The van der Waals surface area contributed by atoms with E-state index < -0.39 is 0 Å². The maximum absolute atomic E-state index is 13.3. The molecule has 0 unspecified atom stereocenters. The van der Waals surface area contributed by atoms with E-state index in [4.69, 9.17) is 9.47 Å². The van der Waals surface area contributed by atoms with Crippen LogP contribution in [0, 0.1) is 5.92 Å². The Kier molecular flexibility index (Phi) is 8.26. The number of carbonyl (C=O) groups excluding carboxylic acids is 2. The lowest BCUT2D eigenvalue weighted by Gasteiger charge is -2.42. The van der Waals surface area contributed by atoms with Crippen molar-refractivity contribution >= 4 is 11.8 Å². The minimum atomic E-state index is -0.319. The Morgan fingerprint density at radius 1 is 1.21 bits per heavy atom. The summed E-state index contributed by atoms with van der Waals surface area (Å²) in [5, 5.41) is 0. The average Bonchev–Trinajstić information content (AvgIpc) is 2.70. The third kappa shape index (κ3) is 5.45. The van der Waals surface area contributed by atoms with E-state index in [1.165, 1.54) is 0 Å². The Morgan fingerprint density at radius 3 is 2.61 bits per heavy atom. The fraction of sp³-hybridized carbons (Fsp3) is 0.619. The van der Waals surface area contributed by atoms with Gasteiger partial charge in [-0.25, -0.2) is 0 Å². The number of benzene rings is 1. The highest BCUT2D eigenvalue weighted by Crippen LogP contribution is 2.38. The van der Waals surface area contributed by atoms with Crippen molar-refractivity contribution in [3.05, 3.63) is 29.8 Å². The molecule has 0 radical (unpaired) electrons. The summed E-state index contributed by atoms with van der Waals surface area (Å²) >= 11 is 0. The number of hydrogen-bond acceptors (Lipinski definition) is 5. The number of amides is 2. The number of hydrogen-bond donors (Lipinski definition) is 0. The normalized spacial score (nSPS) is 19.8. The van der Waals surface area contributed by atoms with Crippen LogP contribution in [0.2, 0.25) is 0 Å². The first-order valence-corrected chi connectivity index (χ1v) is 9.71. The van der Waals surface area contributed by atoms with Gasteiger partial charge in [-0.3, -0.25) is 9.59 Å². The molecular formula is C21H33N3O4. The van der Waals surface area contributed by atoms with Crippen LogP contribution in [0.4, 0.5) is 0 Å². The van der Waals surface area contributed by atoms with Crippen LogP contribution in [0.5, 0.6) is 5.75 Å². The third-order valence-corrected chi connectivity index (χ3v) is 5.25. The number of nitrogens with zero attached hydrogens (tertiary/aromatic N) is 3. The van der Waals surface area contributed by atoms with E-state index in [0.29, 0.717) is 32.5 Å². The van der Waals surface area contributed by atoms with E-state index in [2.05, 4.69) is 4.90 Å². The Hall–Kier alpha value is -2.12. The zero-order chi connectivity index (χ0) is 20.7. The molecule has 0 aromatic heterocycles. The molecular weight excluding hydrogens is 358 g/mol. The van der Waals surface area contributed by atoms with Crippen LogP contribution in [-0.4, -0.2) is 88.1 Å². The zero-order valence-electron chi connectivity index (χ0n) is 17.7. The van der Waals surface area contributed by atoms with Crippen LogP contribution in [0.3, 0.4) is 0 Å². The molecule has 7 heteroatoms. The molecule has 0 spiro atoms. The molecule has 1 aliphatic rings. The lowest BCUT2D eigenvalue weighted by molar-refractivity contribution is -0.148. The monoisotopic (exact) mass is 391 g/mol. The summed E-state index contributed by atoms with van der Waals surface area (Å²) in [5.74, 6) is 0.567. The van der Waals surface area contributed by atoms with Gasteiger partial charge >= 0.3 is 0 Å². The number of likely N-dealkylation sites (N-methyl/N-ethyl adjacent to an activating group) is 2. The molecule has 1 fully saturated rings. The fourth-order valence-corrected chi connectivity index (χ4v) is 3.65. The number of likely N-dealkylation sites (tertiary alicyclic amines) is 1. The molecule has 2 rings (SSSR count). The van der Waals surface area contributed by atoms with Gasteiger partial charge in [-0.15, -0.1) is 0 Å². The molecule has 2 atom stereocenters. The van der Waals surface area contributed by atoms with E-state index in [1.807, 2.05) is 45.4 Å². The first-order valence-electron chi connectivity index (χ1n) is 9.71. The molecule has 0 aliphatic carbocycles. The predicted octanol–water partition coefficient (Wildman–Crippen LogP) is 1.64. The zero-order valence-corrected chi connectivity index (χ0v) is 17.7. The van der Waals surface area contributed by atoms with Crippen LogP contribution < -0.4 is 4.74 Å². The van der Waals surface area contributed by atoms with Crippen molar-refractivity contribution in [2.45, 2.75) is 18.9 Å². The van der Waals surface area contributed by atoms with Crippen LogP contribution in [-0.2, 0) is 14.3 Å². The molecule has 0 N–H and O–H groups in total. The summed E-state index contributed by atoms with van der Waals surface area (Å²) in [7, 11) is 9.05. The van der Waals surface area contributed by atoms with Gasteiger partial charge in [0.15, 0.2) is 0 Å². The van der Waals surface area contributed by atoms with Crippen molar-refractivity contribution < 1.29 is 19.1 Å². The van der Waals surface area contributed by atoms with Crippen molar-refractivity contribution in [2.24, 2.45) is 5.92 Å². The van der Waals surface area contributed by atoms with E-state index >= 15 is 0 Å². The largest absolute Gasteiger partial charge is 0.497 e. The van der Waals surface area contributed by atoms with Gasteiger partial charge in [-0.05, 0) is 38.2 Å². The number of ether oxygens (including phenoxy) is 2. The summed E-state index contributed by atoms with van der Waals surface area (Å²) in [6, 6.07) is 7.34. The second-order valence-electron chi connectivity index (χ2n) is 7.51. The SMILES string of the molecule is COCCN1C(=O)CC[C@@H](C(=O)N(C)CCN(C)C)[C@@H]1c1cccc(OC)c1. The van der Waals surface area contributed by atoms with Gasteiger partial charge in [0, 0.05) is 40.2 Å². The molecule has 0 bridgehead atoms. The molecule has 7 nitrogen and oxygen atoms in total. The van der Waals surface area contributed by atoms with Gasteiger partial charge in [0.1, 0.15) is 5.75 Å². The van der Waals surface area contributed by atoms with E-state index in [9.17, 15) is 9.59 Å². The lowest BCUT2D eigenvalue weighted by Crippen LogP contribution is -2.50. The first-order chi connectivity index (χ1) is 13.4. The van der Waals surface area contributed by atoms with Gasteiger partial charge in [-0.1, -0.05) is 12.1 Å². The Morgan fingerprint density at radius 2 is 1.96 bits per heavy atom. The fourth-order valence-electron chi connectivity index (χ4n) is 3.65. The molecule has 156 valence electrons. The van der Waals surface area contributed by atoms with Crippen molar-refractivity contribution in [1.82, 2.24) is 14.7 Å². The van der Waals surface area contributed by atoms with E-state index in [1.54, 1.807) is 24.0 Å². The molecule has 28 heavy (non-hydrogen) atoms. The van der Waals surface area contributed by atoms with Crippen molar-refractivity contribution in [2.75, 3.05) is 61.6 Å². The molecule has 1 aromatic carbocycles. The predicted molar refractivity (Wildman–Crippen MR) is 108 cm³/mol. The van der Waals surface area contributed by atoms with Crippen LogP contribution in [0.1, 0.15) is 24.4 Å². The summed E-state index contributed by atoms with van der Waals surface area (Å²) in [5.41, 5.74) is 0.919. The van der Waals surface area contributed by atoms with Crippen LogP contribution in [0.15, 0.2) is 24.3 Å². The minimum absolute atomic E-state index is 0.0601. The van der Waals surface area contributed by atoms with Crippen LogP contribution in [0.25, 0.3) is 0 Å². The highest BCUT2D eigenvalue weighted by Gasteiger charge is 2.41. The standard InChI is InChI=1S/C21H33N3O4/c1-22(2)11-12-23(3)21(26)18-9-10-19(25)24(13-14-27-4)20(18)16-7-6-8-17(15-16)28-5/h6-8,15,18,20H,9-14H2,1-5H3/t18-,20+/m1/s1. The highest BCUT2D eigenvalue weighted by atomic mass is 16.5. The highest BCUT2D eigenvalue weighted by molar-refractivity contribution is 5.85. The number of carbonyl (C=O) groups is 2. The molecule has 1 heterocycles. The van der Waals surface area contributed by atoms with Crippen molar-refractivity contribution in [3.8, 4) is 5.75 Å². The average molecular weight is 392 g/mol. The second-order valence-corrected chi connectivity index (χ2v) is 7.51. The summed E-state index contributed by atoms with van der Waals surface area (Å²) in [6.45, 7) is 2.34. The maximum Gasteiger partial charge on any atom is 0.227 e. The lowest BCUT2D eigenvalue weighted by atomic mass is 9.83. The summed E-state index contributed by atoms with van der Waals surface area (Å²) in [4.78, 5) is 31.6. The number of piperidine rings is 1. The molecule has 1 aromatic rings. The van der Waals surface area contributed by atoms with E-state index in [0.717, 1.165) is 17.9 Å². The second kappa shape index (κ2) is 10.4. The molecule has 1 saturated heterocycles. The Bertz CT molecular complexity index is 665. The van der Waals surface area contributed by atoms with Gasteiger partial charge in [0.25, 0.3) is 0 Å². The maximum atomic E-state index is 13.3. The number of methoxy groups -OCH3 is 2. The van der Waals surface area contributed by atoms with Gasteiger partial charge < -0.3 is 24.2 Å². The summed E-state index contributed by atoms with van der Waals surface area (Å²) in [6.07, 6.45) is 0.928. The summed E-state index contributed by atoms with van der Waals surface area (Å²) < 4.78 is 10.6. The number of rotatable bonds is 9. The quantitative estimate of drug-likeness (QED) is 0.640. The molecule has 2 amide bonds. The van der Waals surface area contributed by atoms with Gasteiger partial charge in [-0.2, -0.15) is 0 Å². The van der Waals surface area contributed by atoms with E-state index in [-0.39, 0.29) is 23.8 Å².